The molecule has 80 valence electrons. The molecule has 5 nitrogen and oxygen atoms in total. The van der Waals surface area contributed by atoms with Crippen LogP contribution in [0.15, 0.2) is 18.2 Å². The van der Waals surface area contributed by atoms with E-state index in [1.165, 1.54) is 14.2 Å². The van der Waals surface area contributed by atoms with Crippen molar-refractivity contribution in [2.24, 2.45) is 0 Å². The van der Waals surface area contributed by atoms with Crippen LogP contribution in [0.3, 0.4) is 0 Å². The number of hydrogen-bond acceptors (Lipinski definition) is 4. The summed E-state index contributed by atoms with van der Waals surface area (Å²) in [5.74, 6) is 0.920. The van der Waals surface area contributed by atoms with Crippen molar-refractivity contribution < 1.29 is 19.4 Å². The van der Waals surface area contributed by atoms with E-state index in [4.69, 9.17) is 9.47 Å². The number of aliphatic hydroxyl groups excluding tert-OH is 1. The maximum Gasteiger partial charge on any atom is 0.417 e. The van der Waals surface area contributed by atoms with Crippen molar-refractivity contribution in [3.63, 3.8) is 0 Å². The van der Waals surface area contributed by atoms with E-state index in [1.54, 1.807) is 18.2 Å². The topological polar surface area (TPSA) is 59.0 Å². The van der Waals surface area contributed by atoms with Crippen molar-refractivity contribution in [2.75, 3.05) is 14.2 Å². The van der Waals surface area contributed by atoms with Crippen LogP contribution in [-0.4, -0.2) is 30.3 Å². The Morgan fingerprint density at radius 1 is 1.53 bits per heavy atom. The van der Waals surface area contributed by atoms with Crippen LogP contribution in [0, 0.1) is 0 Å². The zero-order valence-electron chi connectivity index (χ0n) is 8.43. The van der Waals surface area contributed by atoms with Gasteiger partial charge in [0.25, 0.3) is 0 Å². The molecule has 1 atom stereocenters. The Labute approximate surface area is 86.8 Å². The third-order valence-corrected chi connectivity index (χ3v) is 2.35. The predicted molar refractivity (Wildman–Crippen MR) is 51.7 cm³/mol. The lowest BCUT2D eigenvalue weighted by Crippen LogP contribution is -2.37. The zero-order chi connectivity index (χ0) is 11.0. The summed E-state index contributed by atoms with van der Waals surface area (Å²) in [7, 11) is 3.00. The smallest absolute Gasteiger partial charge is 0.417 e. The summed E-state index contributed by atoms with van der Waals surface area (Å²) in [6, 6.07) is 4.94. The maximum atomic E-state index is 11.3. The molecule has 1 aliphatic rings. The van der Waals surface area contributed by atoms with E-state index in [1.807, 2.05) is 0 Å². The van der Waals surface area contributed by atoms with E-state index in [9.17, 15) is 9.90 Å². The Balaban J connectivity index is 2.45. The average molecular weight is 209 g/mol. The summed E-state index contributed by atoms with van der Waals surface area (Å²) in [6.45, 7) is 0. The summed E-state index contributed by atoms with van der Waals surface area (Å²) < 4.78 is 10.00. The highest BCUT2D eigenvalue weighted by atomic mass is 16.6. The molecule has 0 aliphatic carbocycles. The van der Waals surface area contributed by atoms with Crippen LogP contribution in [-0.2, 0) is 0 Å². The quantitative estimate of drug-likeness (QED) is 0.753. The fourth-order valence-corrected chi connectivity index (χ4v) is 1.42. The van der Waals surface area contributed by atoms with E-state index in [-0.39, 0.29) is 0 Å². The first-order chi connectivity index (χ1) is 7.13. The van der Waals surface area contributed by atoms with E-state index in [2.05, 4.69) is 0 Å². The number of benzene rings is 1. The number of methoxy groups -OCH3 is 1. The minimum absolute atomic E-state index is 0.338. The molecule has 1 aliphatic heterocycles. The molecule has 15 heavy (non-hydrogen) atoms. The van der Waals surface area contributed by atoms with E-state index < -0.39 is 12.3 Å². The van der Waals surface area contributed by atoms with Gasteiger partial charge in [-0.15, -0.1) is 0 Å². The molecule has 0 saturated carbocycles. The largest absolute Gasteiger partial charge is 0.497 e. The normalized spacial score (nSPS) is 19.5. The highest BCUT2D eigenvalue weighted by Crippen LogP contribution is 2.34. The van der Waals surface area contributed by atoms with Crippen LogP contribution in [0.4, 0.5) is 4.79 Å². The minimum atomic E-state index is -0.966. The number of rotatable bonds is 1. The highest BCUT2D eigenvalue weighted by Gasteiger charge is 2.30. The molecular formula is C10H11NO4. The van der Waals surface area contributed by atoms with Crippen LogP contribution in [0.25, 0.3) is 0 Å². The SMILES string of the molecule is COc1ccc2c(c1)OC(=O)N(C)C2O. The van der Waals surface area contributed by atoms with Crippen molar-refractivity contribution in [3.8, 4) is 11.5 Å². The van der Waals surface area contributed by atoms with Gasteiger partial charge in [-0.2, -0.15) is 0 Å². The van der Waals surface area contributed by atoms with Gasteiger partial charge in [0.1, 0.15) is 11.5 Å². The number of amides is 1. The lowest BCUT2D eigenvalue weighted by Gasteiger charge is -2.29. The summed E-state index contributed by atoms with van der Waals surface area (Å²) in [5.41, 5.74) is 0.554. The van der Waals surface area contributed by atoms with Gasteiger partial charge in [0.15, 0.2) is 6.23 Å². The van der Waals surface area contributed by atoms with Gasteiger partial charge in [0.2, 0.25) is 0 Å². The monoisotopic (exact) mass is 209 g/mol. The van der Waals surface area contributed by atoms with Crippen molar-refractivity contribution in [2.45, 2.75) is 6.23 Å². The lowest BCUT2D eigenvalue weighted by molar-refractivity contribution is 0.0147. The number of aliphatic hydroxyl groups is 1. The minimum Gasteiger partial charge on any atom is -0.497 e. The van der Waals surface area contributed by atoms with Crippen molar-refractivity contribution in [1.82, 2.24) is 4.90 Å². The zero-order valence-corrected chi connectivity index (χ0v) is 8.43. The third-order valence-electron chi connectivity index (χ3n) is 2.35. The fourth-order valence-electron chi connectivity index (χ4n) is 1.42. The second kappa shape index (κ2) is 3.43. The predicted octanol–water partition coefficient (Wildman–Crippen LogP) is 1.13. The van der Waals surface area contributed by atoms with Gasteiger partial charge < -0.3 is 14.6 Å². The molecule has 0 radical (unpaired) electrons. The number of ether oxygens (including phenoxy) is 2. The Morgan fingerprint density at radius 2 is 2.27 bits per heavy atom. The molecule has 1 heterocycles. The Morgan fingerprint density at radius 3 is 2.93 bits per heavy atom. The number of carbonyl (C=O) groups is 1. The first-order valence-corrected chi connectivity index (χ1v) is 4.44. The van der Waals surface area contributed by atoms with Gasteiger partial charge in [0.05, 0.1) is 7.11 Å². The van der Waals surface area contributed by atoms with E-state index >= 15 is 0 Å². The maximum absolute atomic E-state index is 11.3. The standard InChI is InChI=1S/C10H11NO4/c1-11-9(12)7-4-3-6(14-2)5-8(7)15-10(11)13/h3-5,9,12H,1-2H3. The number of hydrogen-bond donors (Lipinski definition) is 1. The summed E-state index contributed by atoms with van der Waals surface area (Å²) >= 11 is 0. The van der Waals surface area contributed by atoms with Gasteiger partial charge in [-0.1, -0.05) is 0 Å². The van der Waals surface area contributed by atoms with Gasteiger partial charge in [0, 0.05) is 18.7 Å². The van der Waals surface area contributed by atoms with E-state index in [0.29, 0.717) is 17.1 Å². The molecule has 1 amide bonds. The molecule has 1 N–H and O–H groups in total. The molecule has 0 fully saturated rings. The molecule has 0 saturated heterocycles. The molecular weight excluding hydrogens is 198 g/mol. The second-order valence-corrected chi connectivity index (χ2v) is 3.26. The number of carbonyl (C=O) groups excluding carboxylic acids is 1. The van der Waals surface area contributed by atoms with E-state index in [0.717, 1.165) is 4.90 Å². The molecule has 0 aromatic heterocycles. The Hall–Kier alpha value is -1.75. The summed E-state index contributed by atoms with van der Waals surface area (Å²) in [4.78, 5) is 12.4. The van der Waals surface area contributed by atoms with Gasteiger partial charge >= 0.3 is 6.09 Å². The van der Waals surface area contributed by atoms with Gasteiger partial charge in [-0.3, -0.25) is 4.90 Å². The summed E-state index contributed by atoms with van der Waals surface area (Å²) in [6.07, 6.45) is -1.55. The molecule has 0 bridgehead atoms. The molecule has 1 aromatic rings. The molecule has 1 aromatic carbocycles. The fraction of sp³-hybridized carbons (Fsp3) is 0.300. The second-order valence-electron chi connectivity index (χ2n) is 3.26. The number of nitrogens with zero attached hydrogens (tertiary/aromatic N) is 1. The Kier molecular flexibility index (Phi) is 2.24. The first kappa shape index (κ1) is 9.79. The first-order valence-electron chi connectivity index (χ1n) is 4.44. The van der Waals surface area contributed by atoms with Crippen LogP contribution in [0.1, 0.15) is 11.8 Å². The van der Waals surface area contributed by atoms with Crippen molar-refractivity contribution in [1.29, 1.82) is 0 Å². The van der Waals surface area contributed by atoms with Crippen molar-refractivity contribution >= 4 is 6.09 Å². The summed E-state index contributed by atoms with van der Waals surface area (Å²) in [5, 5.41) is 9.75. The van der Waals surface area contributed by atoms with Crippen LogP contribution in [0.2, 0.25) is 0 Å². The van der Waals surface area contributed by atoms with Gasteiger partial charge in [-0.25, -0.2) is 4.79 Å². The van der Waals surface area contributed by atoms with Crippen LogP contribution in [0.5, 0.6) is 11.5 Å². The highest BCUT2D eigenvalue weighted by molar-refractivity contribution is 5.74. The average Bonchev–Trinajstić information content (AvgIpc) is 2.25. The van der Waals surface area contributed by atoms with Gasteiger partial charge in [-0.05, 0) is 12.1 Å². The van der Waals surface area contributed by atoms with Crippen molar-refractivity contribution in [3.05, 3.63) is 23.8 Å². The molecule has 2 rings (SSSR count). The molecule has 0 spiro atoms. The van der Waals surface area contributed by atoms with Crippen LogP contribution >= 0.6 is 0 Å². The van der Waals surface area contributed by atoms with Crippen LogP contribution < -0.4 is 9.47 Å². The Bertz CT molecular complexity index is 404. The molecule has 1 unspecified atom stereocenters. The molecule has 5 heteroatoms. The third kappa shape index (κ3) is 1.50. The lowest BCUT2D eigenvalue weighted by atomic mass is 10.1. The number of fused-ring (bicyclic) bond motifs is 1.